The molecule has 0 aliphatic rings. The summed E-state index contributed by atoms with van der Waals surface area (Å²) in [5, 5.41) is 3.47. The van der Waals surface area contributed by atoms with Gasteiger partial charge in [-0.1, -0.05) is 29.8 Å². The third kappa shape index (κ3) is 5.26. The second-order valence-electron chi connectivity index (χ2n) is 5.71. The average Bonchev–Trinajstić information content (AvgIpc) is 2.69. The average molecular weight is 386 g/mol. The van der Waals surface area contributed by atoms with Crippen LogP contribution in [0.15, 0.2) is 67.0 Å². The number of benzene rings is 2. The first-order valence-electron chi connectivity index (χ1n) is 8.21. The van der Waals surface area contributed by atoms with Crippen molar-refractivity contribution in [2.45, 2.75) is 13.2 Å². The highest BCUT2D eigenvalue weighted by atomic mass is 35.5. The van der Waals surface area contributed by atoms with Crippen molar-refractivity contribution < 1.29 is 14.0 Å². The SMILES string of the molecule is O=C(NOCc1ccc(F)cc1Cl)c1ccccc1NCc1ccncc1. The summed E-state index contributed by atoms with van der Waals surface area (Å²) < 4.78 is 13.1. The summed E-state index contributed by atoms with van der Waals surface area (Å²) in [6.45, 7) is 0.580. The van der Waals surface area contributed by atoms with Crippen molar-refractivity contribution in [3.63, 3.8) is 0 Å². The van der Waals surface area contributed by atoms with E-state index in [1.165, 1.54) is 18.2 Å². The number of carbonyl (C=O) groups excluding carboxylic acids is 1. The highest BCUT2D eigenvalue weighted by Crippen LogP contribution is 2.19. The minimum Gasteiger partial charge on any atom is -0.380 e. The first-order valence-corrected chi connectivity index (χ1v) is 8.59. The molecule has 138 valence electrons. The van der Waals surface area contributed by atoms with Crippen LogP contribution < -0.4 is 10.8 Å². The van der Waals surface area contributed by atoms with E-state index in [-0.39, 0.29) is 11.6 Å². The molecule has 2 aromatic carbocycles. The molecule has 0 fully saturated rings. The zero-order valence-electron chi connectivity index (χ0n) is 14.3. The number of para-hydroxylation sites is 1. The lowest BCUT2D eigenvalue weighted by atomic mass is 10.1. The first kappa shape index (κ1) is 18.8. The van der Waals surface area contributed by atoms with Crippen LogP contribution in [0.25, 0.3) is 0 Å². The number of carbonyl (C=O) groups is 1. The van der Waals surface area contributed by atoms with E-state index < -0.39 is 11.7 Å². The Kier molecular flexibility index (Phi) is 6.35. The molecule has 0 spiro atoms. The van der Waals surface area contributed by atoms with E-state index in [9.17, 15) is 9.18 Å². The third-order valence-electron chi connectivity index (χ3n) is 3.81. The van der Waals surface area contributed by atoms with Gasteiger partial charge in [-0.15, -0.1) is 0 Å². The van der Waals surface area contributed by atoms with Crippen LogP contribution in [0.3, 0.4) is 0 Å². The molecule has 7 heteroatoms. The van der Waals surface area contributed by atoms with Gasteiger partial charge in [0.1, 0.15) is 12.4 Å². The van der Waals surface area contributed by atoms with Crippen molar-refractivity contribution in [2.75, 3.05) is 5.32 Å². The third-order valence-corrected chi connectivity index (χ3v) is 4.16. The van der Waals surface area contributed by atoms with Crippen LogP contribution in [0, 0.1) is 5.82 Å². The van der Waals surface area contributed by atoms with Gasteiger partial charge in [0.15, 0.2) is 0 Å². The molecule has 0 saturated carbocycles. The Morgan fingerprint density at radius 1 is 1.11 bits per heavy atom. The predicted molar refractivity (Wildman–Crippen MR) is 102 cm³/mol. The number of anilines is 1. The molecule has 5 nitrogen and oxygen atoms in total. The lowest BCUT2D eigenvalue weighted by Gasteiger charge is -2.12. The quantitative estimate of drug-likeness (QED) is 0.593. The number of hydroxylamine groups is 1. The van der Waals surface area contributed by atoms with Crippen molar-refractivity contribution in [3.8, 4) is 0 Å². The summed E-state index contributed by atoms with van der Waals surface area (Å²) in [7, 11) is 0. The van der Waals surface area contributed by atoms with Crippen LogP contribution in [0.4, 0.5) is 10.1 Å². The second-order valence-corrected chi connectivity index (χ2v) is 6.12. The lowest BCUT2D eigenvalue weighted by molar-refractivity contribution is 0.0234. The van der Waals surface area contributed by atoms with Crippen LogP contribution >= 0.6 is 11.6 Å². The molecular formula is C20H17ClFN3O2. The second kappa shape index (κ2) is 9.12. The Labute approximate surface area is 161 Å². The summed E-state index contributed by atoms with van der Waals surface area (Å²) in [6, 6.07) is 14.9. The molecule has 0 radical (unpaired) electrons. The molecule has 1 aromatic heterocycles. The standard InChI is InChI=1S/C20H17ClFN3O2/c21-18-11-16(22)6-5-15(18)13-27-25-20(26)17-3-1-2-4-19(17)24-12-14-7-9-23-10-8-14/h1-11,24H,12-13H2,(H,25,26). The molecule has 0 unspecified atom stereocenters. The van der Waals surface area contributed by atoms with Crippen LogP contribution in [0.1, 0.15) is 21.5 Å². The number of rotatable bonds is 7. The number of nitrogens with zero attached hydrogens (tertiary/aromatic N) is 1. The van der Waals surface area contributed by atoms with E-state index in [0.717, 1.165) is 5.56 Å². The van der Waals surface area contributed by atoms with Crippen molar-refractivity contribution in [2.24, 2.45) is 0 Å². The van der Waals surface area contributed by atoms with Crippen LogP contribution in [0.5, 0.6) is 0 Å². The number of hydrogen-bond acceptors (Lipinski definition) is 4. The van der Waals surface area contributed by atoms with Gasteiger partial charge in [-0.25, -0.2) is 9.87 Å². The fourth-order valence-corrected chi connectivity index (χ4v) is 2.63. The van der Waals surface area contributed by atoms with Gasteiger partial charge in [-0.3, -0.25) is 14.6 Å². The van der Waals surface area contributed by atoms with Gasteiger partial charge in [-0.2, -0.15) is 0 Å². The molecule has 1 amide bonds. The van der Waals surface area contributed by atoms with Crippen molar-refractivity contribution in [1.82, 2.24) is 10.5 Å². The molecule has 0 saturated heterocycles. The van der Waals surface area contributed by atoms with Gasteiger partial charge in [0.05, 0.1) is 5.56 Å². The number of amides is 1. The van der Waals surface area contributed by atoms with E-state index in [1.54, 1.807) is 24.5 Å². The molecule has 0 atom stereocenters. The van der Waals surface area contributed by atoms with Crippen molar-refractivity contribution in [1.29, 1.82) is 0 Å². The molecule has 2 N–H and O–H groups in total. The van der Waals surface area contributed by atoms with Crippen LogP contribution in [0.2, 0.25) is 5.02 Å². The maximum Gasteiger partial charge on any atom is 0.276 e. The Bertz CT molecular complexity index is 922. The summed E-state index contributed by atoms with van der Waals surface area (Å²) in [6.07, 6.45) is 3.42. The number of halogens is 2. The normalized spacial score (nSPS) is 10.4. The van der Waals surface area contributed by atoms with Crippen molar-refractivity contribution >= 4 is 23.2 Å². The minimum absolute atomic E-state index is 0.0253. The van der Waals surface area contributed by atoms with Crippen molar-refractivity contribution in [3.05, 3.63) is 94.5 Å². The summed E-state index contributed by atoms with van der Waals surface area (Å²) in [5.41, 5.74) is 5.12. The van der Waals surface area contributed by atoms with Gasteiger partial charge < -0.3 is 5.32 Å². The molecular weight excluding hydrogens is 369 g/mol. The topological polar surface area (TPSA) is 63.2 Å². The van der Waals surface area contributed by atoms with Gasteiger partial charge in [0.25, 0.3) is 5.91 Å². The summed E-state index contributed by atoms with van der Waals surface area (Å²) in [5.74, 6) is -0.826. The maximum absolute atomic E-state index is 13.1. The monoisotopic (exact) mass is 385 g/mol. The predicted octanol–water partition coefficient (Wildman–Crippen LogP) is 4.35. The zero-order valence-corrected chi connectivity index (χ0v) is 15.0. The molecule has 0 bridgehead atoms. The number of hydrogen-bond donors (Lipinski definition) is 2. The fourth-order valence-electron chi connectivity index (χ4n) is 2.41. The molecule has 0 aliphatic heterocycles. The maximum atomic E-state index is 13.1. The fraction of sp³-hybridized carbons (Fsp3) is 0.100. The van der Waals surface area contributed by atoms with Gasteiger partial charge in [-0.05, 0) is 47.5 Å². The highest BCUT2D eigenvalue weighted by Gasteiger charge is 2.11. The molecule has 3 rings (SSSR count). The molecule has 3 aromatic rings. The highest BCUT2D eigenvalue weighted by molar-refractivity contribution is 6.31. The van der Waals surface area contributed by atoms with Gasteiger partial charge in [0.2, 0.25) is 0 Å². The van der Waals surface area contributed by atoms with E-state index in [0.29, 0.717) is 23.4 Å². The Hall–Kier alpha value is -2.96. The van der Waals surface area contributed by atoms with E-state index in [4.69, 9.17) is 16.4 Å². The smallest absolute Gasteiger partial charge is 0.276 e. The minimum atomic E-state index is -0.429. The zero-order chi connectivity index (χ0) is 19.1. The van der Waals surface area contributed by atoms with Crippen LogP contribution in [-0.2, 0) is 18.0 Å². The molecule has 1 heterocycles. The van der Waals surface area contributed by atoms with E-state index in [2.05, 4.69) is 15.8 Å². The number of aromatic nitrogens is 1. The first-order chi connectivity index (χ1) is 13.1. The van der Waals surface area contributed by atoms with Gasteiger partial charge in [0, 0.05) is 29.6 Å². The largest absolute Gasteiger partial charge is 0.380 e. The van der Waals surface area contributed by atoms with Crippen LogP contribution in [-0.4, -0.2) is 10.9 Å². The molecule has 27 heavy (non-hydrogen) atoms. The molecule has 0 aliphatic carbocycles. The Morgan fingerprint density at radius 3 is 2.67 bits per heavy atom. The van der Waals surface area contributed by atoms with E-state index >= 15 is 0 Å². The summed E-state index contributed by atoms with van der Waals surface area (Å²) in [4.78, 5) is 21.6. The summed E-state index contributed by atoms with van der Waals surface area (Å²) >= 11 is 5.94. The Balaban J connectivity index is 1.59. The van der Waals surface area contributed by atoms with Gasteiger partial charge >= 0.3 is 0 Å². The number of pyridine rings is 1. The number of nitrogens with one attached hydrogen (secondary N) is 2. The lowest BCUT2D eigenvalue weighted by Crippen LogP contribution is -2.24. The Morgan fingerprint density at radius 2 is 1.89 bits per heavy atom. The van der Waals surface area contributed by atoms with E-state index in [1.807, 2.05) is 24.3 Å².